The lowest BCUT2D eigenvalue weighted by molar-refractivity contribution is 0.0615. The Morgan fingerprint density at radius 3 is 2.29 bits per heavy atom. The van der Waals surface area contributed by atoms with Crippen molar-refractivity contribution in [1.29, 1.82) is 0 Å². The lowest BCUT2D eigenvalue weighted by Crippen LogP contribution is -2.56. The first-order chi connectivity index (χ1) is 9.55. The maximum atomic E-state index is 12.7. The van der Waals surface area contributed by atoms with Gasteiger partial charge >= 0.3 is 0 Å². The molecule has 1 aromatic rings. The Kier molecular flexibility index (Phi) is 6.30. The summed E-state index contributed by atoms with van der Waals surface area (Å²) < 4.78 is 10.4. The number of ether oxygens (including phenoxy) is 2. The van der Waals surface area contributed by atoms with E-state index in [-0.39, 0.29) is 24.4 Å². The predicted octanol–water partition coefficient (Wildman–Crippen LogP) is 1.95. The van der Waals surface area contributed by atoms with E-state index in [9.17, 15) is 4.79 Å². The molecule has 2 atom stereocenters. The number of carbonyl (C=O) groups excluding carboxylic acids is 1. The van der Waals surface area contributed by atoms with Crippen molar-refractivity contribution in [3.05, 3.63) is 23.8 Å². The van der Waals surface area contributed by atoms with Crippen molar-refractivity contribution in [2.24, 2.45) is 0 Å². The van der Waals surface area contributed by atoms with Crippen LogP contribution in [0.1, 0.15) is 24.2 Å². The third-order valence-corrected chi connectivity index (χ3v) is 3.62. The zero-order chi connectivity index (χ0) is 14.7. The molecule has 0 radical (unpaired) electrons. The maximum Gasteiger partial charge on any atom is 0.254 e. The fourth-order valence-electron chi connectivity index (χ4n) is 2.40. The Morgan fingerprint density at radius 1 is 1.19 bits per heavy atom. The van der Waals surface area contributed by atoms with Gasteiger partial charge in [-0.2, -0.15) is 0 Å². The van der Waals surface area contributed by atoms with Crippen LogP contribution in [0, 0.1) is 0 Å². The van der Waals surface area contributed by atoms with Gasteiger partial charge in [0.2, 0.25) is 0 Å². The van der Waals surface area contributed by atoms with Gasteiger partial charge in [0.05, 0.1) is 14.2 Å². The van der Waals surface area contributed by atoms with Crippen LogP contribution in [0.2, 0.25) is 0 Å². The van der Waals surface area contributed by atoms with E-state index in [1.165, 1.54) is 0 Å². The number of rotatable bonds is 3. The van der Waals surface area contributed by atoms with Gasteiger partial charge in [0, 0.05) is 36.8 Å². The molecule has 1 fully saturated rings. The summed E-state index contributed by atoms with van der Waals surface area (Å²) in [6.07, 6.45) is 0. The molecule has 21 heavy (non-hydrogen) atoms. The van der Waals surface area contributed by atoms with Crippen molar-refractivity contribution in [1.82, 2.24) is 10.2 Å². The van der Waals surface area contributed by atoms with Gasteiger partial charge in [-0.15, -0.1) is 12.4 Å². The molecule has 1 aliphatic heterocycles. The Balaban J connectivity index is 0.00000220. The van der Waals surface area contributed by atoms with Gasteiger partial charge in [-0.25, -0.2) is 0 Å². The first-order valence-corrected chi connectivity index (χ1v) is 6.82. The van der Waals surface area contributed by atoms with E-state index in [0.29, 0.717) is 29.6 Å². The number of halogens is 1. The van der Waals surface area contributed by atoms with Gasteiger partial charge in [0.15, 0.2) is 0 Å². The molecule has 1 heterocycles. The molecule has 1 amide bonds. The molecule has 0 saturated carbocycles. The monoisotopic (exact) mass is 314 g/mol. The van der Waals surface area contributed by atoms with Crippen LogP contribution in [0.25, 0.3) is 0 Å². The highest BCUT2D eigenvalue weighted by atomic mass is 35.5. The van der Waals surface area contributed by atoms with Gasteiger partial charge in [-0.3, -0.25) is 4.79 Å². The summed E-state index contributed by atoms with van der Waals surface area (Å²) in [7, 11) is 3.16. The summed E-state index contributed by atoms with van der Waals surface area (Å²) in [6, 6.07) is 5.76. The van der Waals surface area contributed by atoms with E-state index in [4.69, 9.17) is 9.47 Å². The van der Waals surface area contributed by atoms with Crippen LogP contribution >= 0.6 is 12.4 Å². The van der Waals surface area contributed by atoms with Crippen LogP contribution in [-0.2, 0) is 0 Å². The fraction of sp³-hybridized carbons (Fsp3) is 0.533. The molecule has 1 aliphatic rings. The highest BCUT2D eigenvalue weighted by Crippen LogP contribution is 2.24. The molecule has 6 heteroatoms. The predicted molar refractivity (Wildman–Crippen MR) is 84.8 cm³/mol. The minimum Gasteiger partial charge on any atom is -0.497 e. The van der Waals surface area contributed by atoms with Crippen molar-refractivity contribution in [3.63, 3.8) is 0 Å². The van der Waals surface area contributed by atoms with Crippen LogP contribution in [0.15, 0.2) is 18.2 Å². The van der Waals surface area contributed by atoms with E-state index in [1.807, 2.05) is 11.8 Å². The standard InChI is InChI=1S/C15H22N2O3.ClH/c1-10-9-17(11(2)8-16-10)15(18)12-5-13(19-3)7-14(6-12)20-4;/h5-7,10-11,16H,8-9H2,1-4H3;1H. The molecular formula is C15H23ClN2O3. The van der Waals surface area contributed by atoms with Crippen molar-refractivity contribution in [2.75, 3.05) is 27.3 Å². The normalized spacial score (nSPS) is 21.4. The molecular weight excluding hydrogens is 292 g/mol. The van der Waals surface area contributed by atoms with E-state index in [2.05, 4.69) is 12.2 Å². The first-order valence-electron chi connectivity index (χ1n) is 6.82. The Labute approximate surface area is 132 Å². The lowest BCUT2D eigenvalue weighted by Gasteiger charge is -2.37. The highest BCUT2D eigenvalue weighted by Gasteiger charge is 2.27. The van der Waals surface area contributed by atoms with Gasteiger partial charge in [0.1, 0.15) is 11.5 Å². The van der Waals surface area contributed by atoms with E-state index < -0.39 is 0 Å². The average Bonchev–Trinajstić information content (AvgIpc) is 2.48. The Morgan fingerprint density at radius 2 is 1.76 bits per heavy atom. The quantitative estimate of drug-likeness (QED) is 0.926. The number of hydrogen-bond donors (Lipinski definition) is 1. The number of piperazine rings is 1. The molecule has 1 saturated heterocycles. The first kappa shape index (κ1) is 17.6. The molecule has 0 aliphatic carbocycles. The number of nitrogens with one attached hydrogen (secondary N) is 1. The zero-order valence-electron chi connectivity index (χ0n) is 12.9. The number of methoxy groups -OCH3 is 2. The van der Waals surface area contributed by atoms with E-state index in [1.54, 1.807) is 32.4 Å². The number of carbonyl (C=O) groups is 1. The maximum absolute atomic E-state index is 12.7. The van der Waals surface area contributed by atoms with Crippen LogP contribution in [0.4, 0.5) is 0 Å². The number of nitrogens with zero attached hydrogens (tertiary/aromatic N) is 1. The minimum absolute atomic E-state index is 0. The topological polar surface area (TPSA) is 50.8 Å². The average molecular weight is 315 g/mol. The van der Waals surface area contributed by atoms with Crippen molar-refractivity contribution >= 4 is 18.3 Å². The van der Waals surface area contributed by atoms with Gasteiger partial charge < -0.3 is 19.7 Å². The molecule has 2 rings (SSSR count). The summed E-state index contributed by atoms with van der Waals surface area (Å²) in [5.74, 6) is 1.27. The summed E-state index contributed by atoms with van der Waals surface area (Å²) in [5.41, 5.74) is 0.599. The SMILES string of the molecule is COc1cc(OC)cc(C(=O)N2CC(C)NCC2C)c1.Cl. The fourth-order valence-corrected chi connectivity index (χ4v) is 2.40. The zero-order valence-corrected chi connectivity index (χ0v) is 13.7. The molecule has 1 N–H and O–H groups in total. The molecule has 118 valence electrons. The van der Waals surface area contributed by atoms with Crippen molar-refractivity contribution in [2.45, 2.75) is 25.9 Å². The molecule has 5 nitrogen and oxygen atoms in total. The number of amides is 1. The third kappa shape index (κ3) is 4.02. The summed E-state index contributed by atoms with van der Waals surface area (Å²) in [4.78, 5) is 14.6. The van der Waals surface area contributed by atoms with Crippen LogP contribution < -0.4 is 14.8 Å². The van der Waals surface area contributed by atoms with Gasteiger partial charge in [-0.05, 0) is 26.0 Å². The van der Waals surface area contributed by atoms with E-state index in [0.717, 1.165) is 6.54 Å². The van der Waals surface area contributed by atoms with Crippen LogP contribution in [-0.4, -0.2) is 50.2 Å². The Hall–Kier alpha value is -1.46. The highest BCUT2D eigenvalue weighted by molar-refractivity contribution is 5.95. The second-order valence-corrected chi connectivity index (χ2v) is 5.22. The van der Waals surface area contributed by atoms with Crippen LogP contribution in [0.5, 0.6) is 11.5 Å². The Bertz CT molecular complexity index is 474. The second-order valence-electron chi connectivity index (χ2n) is 5.22. The van der Waals surface area contributed by atoms with Crippen molar-refractivity contribution in [3.8, 4) is 11.5 Å². The molecule has 1 aromatic carbocycles. The summed E-state index contributed by atoms with van der Waals surface area (Å²) in [6.45, 7) is 5.65. The van der Waals surface area contributed by atoms with Gasteiger partial charge in [0.25, 0.3) is 5.91 Å². The molecule has 2 unspecified atom stereocenters. The van der Waals surface area contributed by atoms with E-state index >= 15 is 0 Å². The van der Waals surface area contributed by atoms with Crippen molar-refractivity contribution < 1.29 is 14.3 Å². The lowest BCUT2D eigenvalue weighted by atomic mass is 10.1. The molecule has 0 spiro atoms. The summed E-state index contributed by atoms with van der Waals surface area (Å²) >= 11 is 0. The summed E-state index contributed by atoms with van der Waals surface area (Å²) in [5, 5.41) is 3.37. The largest absolute Gasteiger partial charge is 0.497 e. The number of benzene rings is 1. The van der Waals surface area contributed by atoms with Crippen LogP contribution in [0.3, 0.4) is 0 Å². The van der Waals surface area contributed by atoms with Gasteiger partial charge in [-0.1, -0.05) is 0 Å². The second kappa shape index (κ2) is 7.52. The molecule has 0 aromatic heterocycles. The third-order valence-electron chi connectivity index (χ3n) is 3.62. The number of hydrogen-bond acceptors (Lipinski definition) is 4. The minimum atomic E-state index is 0. The smallest absolute Gasteiger partial charge is 0.254 e. The molecule has 0 bridgehead atoms.